The van der Waals surface area contributed by atoms with Crippen molar-refractivity contribution in [3.63, 3.8) is 0 Å². The van der Waals surface area contributed by atoms with Crippen molar-refractivity contribution < 1.29 is 45.7 Å². The summed E-state index contributed by atoms with van der Waals surface area (Å²) >= 11 is 0. The number of imidazole rings is 2. The number of aromatic nitrogens is 6. The molecule has 0 saturated carbocycles. The Bertz CT molecular complexity index is 2500. The number of anilines is 2. The molecular weight excluding hydrogens is 795 g/mol. The zero-order valence-corrected chi connectivity index (χ0v) is 32.3. The quantitative estimate of drug-likeness (QED) is 0.0705. The van der Waals surface area contributed by atoms with Crippen LogP contribution in [0.2, 0.25) is 0 Å². The van der Waals surface area contributed by atoms with Crippen LogP contribution in [-0.2, 0) is 26.6 Å². The lowest BCUT2D eigenvalue weighted by atomic mass is 10.2. The van der Waals surface area contributed by atoms with Gasteiger partial charge >= 0.3 is 12.4 Å². The number of nitrogens with one attached hydrogen (secondary N) is 2. The molecule has 4 aromatic heterocycles. The fraction of sp³-hybridized carbons (Fsp3) is 0.381. The molecule has 2 aliphatic rings. The van der Waals surface area contributed by atoms with Gasteiger partial charge in [0.2, 0.25) is 0 Å². The van der Waals surface area contributed by atoms with Crippen LogP contribution < -0.4 is 10.6 Å². The van der Waals surface area contributed by atoms with Gasteiger partial charge in [0.05, 0.1) is 65.1 Å². The molecule has 2 aromatic carbocycles. The van der Waals surface area contributed by atoms with Gasteiger partial charge in [-0.3, -0.25) is 8.80 Å². The number of ether oxygens (including phenoxy) is 3. The maximum absolute atomic E-state index is 13.1. The van der Waals surface area contributed by atoms with Crippen LogP contribution in [0.5, 0.6) is 0 Å². The Morgan fingerprint density at radius 2 is 1.35 bits per heavy atom. The summed E-state index contributed by atoms with van der Waals surface area (Å²) in [5.41, 5.74) is 1.43. The molecule has 18 heteroatoms. The maximum atomic E-state index is 13.1. The Kier molecular flexibility index (Phi) is 14.3. The van der Waals surface area contributed by atoms with Gasteiger partial charge < -0.3 is 30.0 Å². The first-order valence-corrected chi connectivity index (χ1v) is 19.2. The number of hydrogen-bond acceptors (Lipinski definition) is 10. The average molecular weight is 837 g/mol. The monoisotopic (exact) mass is 836 g/mol. The molecule has 6 heterocycles. The summed E-state index contributed by atoms with van der Waals surface area (Å²) in [7, 11) is 0. The van der Waals surface area contributed by atoms with Gasteiger partial charge in [-0.15, -0.1) is 12.8 Å². The van der Waals surface area contributed by atoms with Crippen LogP contribution in [0.3, 0.4) is 0 Å². The number of halogens is 6. The highest BCUT2D eigenvalue weighted by Gasteiger charge is 2.32. The molecule has 0 radical (unpaired) electrons. The molecule has 0 amide bonds. The van der Waals surface area contributed by atoms with Gasteiger partial charge in [-0.2, -0.15) is 26.3 Å². The summed E-state index contributed by atoms with van der Waals surface area (Å²) in [6.07, 6.45) is 15.3. The van der Waals surface area contributed by atoms with Crippen molar-refractivity contribution in [2.45, 2.75) is 63.6 Å². The third kappa shape index (κ3) is 10.6. The van der Waals surface area contributed by atoms with E-state index in [-0.39, 0.29) is 23.9 Å². The van der Waals surface area contributed by atoms with Gasteiger partial charge in [0.25, 0.3) is 0 Å². The number of hydrogen-bond donors (Lipinski definition) is 3. The molecule has 3 N–H and O–H groups in total. The fourth-order valence-corrected chi connectivity index (χ4v) is 6.37. The van der Waals surface area contributed by atoms with E-state index in [9.17, 15) is 26.3 Å². The Balaban J connectivity index is 0.000000180. The second-order valence-electron chi connectivity index (χ2n) is 13.6. The third-order valence-electron chi connectivity index (χ3n) is 9.30. The minimum atomic E-state index is -4.46. The van der Waals surface area contributed by atoms with Gasteiger partial charge in [-0.05, 0) is 87.4 Å². The molecule has 0 bridgehead atoms. The van der Waals surface area contributed by atoms with E-state index in [1.807, 2.05) is 6.08 Å². The summed E-state index contributed by atoms with van der Waals surface area (Å²) in [6.45, 7) is 3.04. The molecule has 0 aliphatic carbocycles. The van der Waals surface area contributed by atoms with Crippen molar-refractivity contribution in [3.8, 4) is 24.7 Å². The zero-order chi connectivity index (χ0) is 42.7. The largest absolute Gasteiger partial charge is 0.502 e. The fourth-order valence-electron chi connectivity index (χ4n) is 6.37. The van der Waals surface area contributed by atoms with Crippen LogP contribution in [-0.4, -0.2) is 79.7 Å². The minimum absolute atomic E-state index is 0.0147. The Morgan fingerprint density at radius 3 is 1.77 bits per heavy atom. The highest BCUT2D eigenvalue weighted by Crippen LogP contribution is 2.34. The molecule has 0 spiro atoms. The van der Waals surface area contributed by atoms with E-state index in [1.54, 1.807) is 15.1 Å². The van der Waals surface area contributed by atoms with E-state index in [0.29, 0.717) is 77.9 Å². The smallest absolute Gasteiger partial charge is 0.416 e. The molecular formula is C42H42F6N8O4. The Hall–Kier alpha value is -6.08. The lowest BCUT2D eigenvalue weighted by Gasteiger charge is -2.22. The van der Waals surface area contributed by atoms with Crippen molar-refractivity contribution >= 4 is 45.0 Å². The van der Waals surface area contributed by atoms with Crippen LogP contribution in [0.15, 0.2) is 61.1 Å². The number of rotatable bonds is 10. The second-order valence-corrected chi connectivity index (χ2v) is 13.6. The van der Waals surface area contributed by atoms with Crippen LogP contribution in [0.4, 0.5) is 38.0 Å². The third-order valence-corrected chi connectivity index (χ3v) is 9.30. The topological polar surface area (TPSA) is 132 Å². The summed E-state index contributed by atoms with van der Waals surface area (Å²) in [4.78, 5) is 17.1. The molecule has 2 aliphatic heterocycles. The summed E-state index contributed by atoms with van der Waals surface area (Å²) in [6, 6.07) is 6.70. The first-order valence-electron chi connectivity index (χ1n) is 19.2. The lowest BCUT2D eigenvalue weighted by Crippen LogP contribution is -2.23. The van der Waals surface area contributed by atoms with E-state index >= 15 is 0 Å². The molecule has 6 aromatic rings. The van der Waals surface area contributed by atoms with Gasteiger partial charge in [-0.25, -0.2) is 19.9 Å². The molecule has 60 heavy (non-hydrogen) atoms. The van der Waals surface area contributed by atoms with E-state index < -0.39 is 23.5 Å². The molecule has 1 unspecified atom stereocenters. The Labute approximate surface area is 341 Å². The predicted octanol–water partition coefficient (Wildman–Crippen LogP) is 8.22. The van der Waals surface area contributed by atoms with Crippen LogP contribution in [0, 0.1) is 24.7 Å². The molecule has 12 nitrogen and oxygen atoms in total. The maximum Gasteiger partial charge on any atom is 0.416 e. The van der Waals surface area contributed by atoms with Crippen molar-refractivity contribution in [1.29, 1.82) is 0 Å². The van der Waals surface area contributed by atoms with Crippen molar-refractivity contribution in [1.82, 2.24) is 28.7 Å². The minimum Gasteiger partial charge on any atom is -0.502 e. The predicted molar refractivity (Wildman–Crippen MR) is 214 cm³/mol. The van der Waals surface area contributed by atoms with Crippen molar-refractivity contribution in [2.24, 2.45) is 0 Å². The van der Waals surface area contributed by atoms with Gasteiger partial charge in [0.1, 0.15) is 11.4 Å². The number of nitrogens with zero attached hydrogens (tertiary/aromatic N) is 6. The number of fused-ring (bicyclic) bond motifs is 6. The SMILES string of the molecule is C#Cc1cnc2c(NCCCO)nc3cc(C(F)(F)F)ccc3n12.C#Cc1cnc2c(NCCCOC3CCCCO3)nc3cc(C(F)(F)F)ccc3n12.C1=COCCC1. The highest BCUT2D eigenvalue weighted by molar-refractivity contribution is 5.85. The molecule has 1 fully saturated rings. The first kappa shape index (κ1) is 43.5. The van der Waals surface area contributed by atoms with Gasteiger partial charge in [0.15, 0.2) is 29.2 Å². The molecule has 1 atom stereocenters. The van der Waals surface area contributed by atoms with Crippen LogP contribution >= 0.6 is 0 Å². The zero-order valence-electron chi connectivity index (χ0n) is 32.3. The van der Waals surface area contributed by atoms with E-state index in [1.165, 1.54) is 37.4 Å². The number of benzene rings is 2. The van der Waals surface area contributed by atoms with Crippen molar-refractivity contribution in [2.75, 3.05) is 50.2 Å². The normalized spacial score (nSPS) is 15.4. The van der Waals surface area contributed by atoms with Crippen LogP contribution in [0.25, 0.3) is 33.4 Å². The number of terminal acetylenes is 2. The number of allylic oxidation sites excluding steroid dienone is 1. The number of alkyl halides is 6. The van der Waals surface area contributed by atoms with Gasteiger partial charge in [-0.1, -0.05) is 11.8 Å². The summed E-state index contributed by atoms with van der Waals surface area (Å²) in [5.74, 6) is 5.67. The molecule has 1 saturated heterocycles. The van der Waals surface area contributed by atoms with E-state index in [0.717, 1.165) is 56.7 Å². The summed E-state index contributed by atoms with van der Waals surface area (Å²) < 4.78 is 97.6. The molecule has 316 valence electrons. The number of aliphatic hydroxyl groups is 1. The summed E-state index contributed by atoms with van der Waals surface area (Å²) in [5, 5.41) is 15.0. The first-order chi connectivity index (χ1) is 28.9. The van der Waals surface area contributed by atoms with E-state index in [4.69, 9.17) is 32.2 Å². The van der Waals surface area contributed by atoms with E-state index in [2.05, 4.69) is 42.4 Å². The lowest BCUT2D eigenvalue weighted by molar-refractivity contribution is -0.162. The second kappa shape index (κ2) is 19.8. The number of aliphatic hydroxyl groups excluding tert-OH is 1. The standard InChI is InChI=1S/C21H21F3N4O2.C16H13F3N4O.C5H8O/c1-2-15-13-26-20-19(25-9-5-11-30-18-6-3-4-10-29-18)27-16-12-14(21(22,23)24)7-8-17(16)28(15)20;1-2-11-9-21-15-14(20-6-3-7-24)22-12-8-10(16(17,18)19)4-5-13(12)23(11)15;1-2-4-6-5-3-1/h1,7-8,12-13,18H,3-6,9-11H2,(H,25,27);1,4-5,8-9,24H,3,6-7H2,(H,20,22);2,4H,1,3,5H2. The van der Waals surface area contributed by atoms with Crippen LogP contribution in [0.1, 0.15) is 67.5 Å². The van der Waals surface area contributed by atoms with Gasteiger partial charge in [0, 0.05) is 26.3 Å². The van der Waals surface area contributed by atoms with Crippen molar-refractivity contribution in [3.05, 3.63) is 83.6 Å². The molecule has 8 rings (SSSR count). The average Bonchev–Trinajstić information content (AvgIpc) is 3.90. The Morgan fingerprint density at radius 1 is 0.783 bits per heavy atom. The highest BCUT2D eigenvalue weighted by atomic mass is 19.4.